The third kappa shape index (κ3) is 3.74. The van der Waals surface area contributed by atoms with Gasteiger partial charge < -0.3 is 19.1 Å². The molecule has 1 aromatic carbocycles. The number of ether oxygens (including phenoxy) is 2. The van der Waals surface area contributed by atoms with E-state index in [1.807, 2.05) is 0 Å². The summed E-state index contributed by atoms with van der Waals surface area (Å²) in [4.78, 5) is 8.38. The Labute approximate surface area is 148 Å². The fourth-order valence-electron chi connectivity index (χ4n) is 2.71. The average Bonchev–Trinajstić information content (AvgIpc) is 3.05. The van der Waals surface area contributed by atoms with E-state index in [0.29, 0.717) is 35.6 Å². The van der Waals surface area contributed by atoms with Crippen LogP contribution in [0.25, 0.3) is 11.5 Å². The van der Waals surface area contributed by atoms with Crippen molar-refractivity contribution in [2.24, 2.45) is 5.92 Å². The highest BCUT2D eigenvalue weighted by molar-refractivity contribution is 5.51. The van der Waals surface area contributed by atoms with Crippen molar-refractivity contribution in [3.05, 3.63) is 48.5 Å². The first-order valence-corrected chi connectivity index (χ1v) is 8.19. The van der Waals surface area contributed by atoms with E-state index in [1.165, 1.54) is 30.6 Å². The lowest BCUT2D eigenvalue weighted by Gasteiger charge is -2.34. The maximum absolute atomic E-state index is 12.8. The second-order valence-electron chi connectivity index (χ2n) is 6.13. The zero-order chi connectivity index (χ0) is 17.9. The molecule has 1 N–H and O–H groups in total. The van der Waals surface area contributed by atoms with Crippen molar-refractivity contribution in [2.75, 3.05) is 6.61 Å². The van der Waals surface area contributed by atoms with Crippen LogP contribution in [0.3, 0.4) is 0 Å². The minimum absolute atomic E-state index is 0.0753. The lowest BCUT2D eigenvalue weighted by Crippen LogP contribution is -2.37. The van der Waals surface area contributed by atoms with Crippen LogP contribution in [0.2, 0.25) is 0 Å². The van der Waals surface area contributed by atoms with Gasteiger partial charge in [-0.25, -0.2) is 14.4 Å². The number of halogens is 1. The summed E-state index contributed by atoms with van der Waals surface area (Å²) in [5, 5.41) is 12.6. The van der Waals surface area contributed by atoms with Gasteiger partial charge in [0.15, 0.2) is 5.76 Å². The maximum Gasteiger partial charge on any atom is 0.252 e. The van der Waals surface area contributed by atoms with E-state index >= 15 is 0 Å². The van der Waals surface area contributed by atoms with Crippen LogP contribution in [-0.4, -0.2) is 32.9 Å². The van der Waals surface area contributed by atoms with Crippen LogP contribution in [-0.2, 0) is 0 Å². The van der Waals surface area contributed by atoms with Crippen LogP contribution in [0.4, 0.5) is 4.39 Å². The normalized spacial score (nSPS) is 19.0. The number of aromatic nitrogens is 3. The van der Waals surface area contributed by atoms with Crippen molar-refractivity contribution in [3.8, 4) is 29.0 Å². The van der Waals surface area contributed by atoms with Crippen LogP contribution in [0.15, 0.2) is 47.2 Å². The molecule has 0 saturated heterocycles. The minimum atomic E-state index is -0.276. The van der Waals surface area contributed by atoms with Gasteiger partial charge in [0, 0.05) is 0 Å². The van der Waals surface area contributed by atoms with Crippen molar-refractivity contribution >= 4 is 0 Å². The van der Waals surface area contributed by atoms with E-state index in [2.05, 4.69) is 15.1 Å². The summed E-state index contributed by atoms with van der Waals surface area (Å²) in [6, 6.07) is 7.36. The van der Waals surface area contributed by atoms with Crippen LogP contribution < -0.4 is 9.47 Å². The molecule has 1 fully saturated rings. The molecule has 0 radical (unpaired) electrons. The molecule has 0 amide bonds. The van der Waals surface area contributed by atoms with Gasteiger partial charge in [0.05, 0.1) is 25.1 Å². The monoisotopic (exact) mass is 357 g/mol. The van der Waals surface area contributed by atoms with Crippen molar-refractivity contribution < 1.29 is 23.5 Å². The standard InChI is InChI=1S/C18H16FN3O4/c19-12-1-3-13(4-2-12)24-10-11-5-14(6-11)25-18-9-20-15(8-21-18)16-7-17(23)22-26-16/h1-4,7-9,11,14H,5-6,10H2,(H,22,23)/t11-,14+. The Morgan fingerprint density at radius 2 is 1.96 bits per heavy atom. The predicted octanol–water partition coefficient (Wildman–Crippen LogP) is 3.21. The molecule has 1 aliphatic carbocycles. The highest BCUT2D eigenvalue weighted by Gasteiger charge is 2.31. The molecule has 0 spiro atoms. The van der Waals surface area contributed by atoms with Gasteiger partial charge in [-0.3, -0.25) is 0 Å². The Balaban J connectivity index is 1.23. The smallest absolute Gasteiger partial charge is 0.252 e. The summed E-state index contributed by atoms with van der Waals surface area (Å²) < 4.78 is 29.2. The molecule has 3 aromatic rings. The molecule has 1 saturated carbocycles. The second-order valence-corrected chi connectivity index (χ2v) is 6.13. The van der Waals surface area contributed by atoms with Crippen molar-refractivity contribution in [2.45, 2.75) is 18.9 Å². The highest BCUT2D eigenvalue weighted by atomic mass is 19.1. The summed E-state index contributed by atoms with van der Waals surface area (Å²) >= 11 is 0. The zero-order valence-electron chi connectivity index (χ0n) is 13.7. The number of rotatable bonds is 6. The number of hydrogen-bond acceptors (Lipinski definition) is 7. The Kier molecular flexibility index (Phi) is 4.39. The summed E-state index contributed by atoms with van der Waals surface area (Å²) in [5.74, 6) is 1.35. The third-order valence-corrected chi connectivity index (χ3v) is 4.16. The third-order valence-electron chi connectivity index (χ3n) is 4.16. The van der Waals surface area contributed by atoms with E-state index in [0.717, 1.165) is 12.8 Å². The van der Waals surface area contributed by atoms with E-state index in [4.69, 9.17) is 14.0 Å². The van der Waals surface area contributed by atoms with Crippen LogP contribution in [0, 0.1) is 11.7 Å². The van der Waals surface area contributed by atoms with Gasteiger partial charge >= 0.3 is 0 Å². The van der Waals surface area contributed by atoms with Gasteiger partial charge in [0.2, 0.25) is 5.88 Å². The Hall–Kier alpha value is -3.16. The molecule has 7 nitrogen and oxygen atoms in total. The SMILES string of the molecule is Oc1cc(-c2cnc(O[C@H]3C[C@@H](COc4ccc(F)cc4)C3)cn2)on1. The molecule has 2 heterocycles. The van der Waals surface area contributed by atoms with Gasteiger partial charge in [-0.2, -0.15) is 0 Å². The maximum atomic E-state index is 12.8. The number of benzene rings is 1. The lowest BCUT2D eigenvalue weighted by molar-refractivity contribution is 0.0353. The second kappa shape index (κ2) is 6.99. The zero-order valence-corrected chi connectivity index (χ0v) is 13.7. The van der Waals surface area contributed by atoms with Crippen molar-refractivity contribution in [1.29, 1.82) is 0 Å². The molecule has 2 aromatic heterocycles. The topological polar surface area (TPSA) is 90.5 Å². The Morgan fingerprint density at radius 1 is 1.15 bits per heavy atom. The average molecular weight is 357 g/mol. The van der Waals surface area contributed by atoms with E-state index in [1.54, 1.807) is 12.1 Å². The molecule has 1 aliphatic rings. The Bertz CT molecular complexity index is 861. The Morgan fingerprint density at radius 3 is 2.62 bits per heavy atom. The summed E-state index contributed by atoms with van der Waals surface area (Å²) in [5.41, 5.74) is 0.462. The largest absolute Gasteiger partial charge is 0.493 e. The minimum Gasteiger partial charge on any atom is -0.493 e. The molecule has 26 heavy (non-hydrogen) atoms. The van der Waals surface area contributed by atoms with Crippen LogP contribution in [0.1, 0.15) is 12.8 Å². The van der Waals surface area contributed by atoms with Crippen LogP contribution >= 0.6 is 0 Å². The molecule has 0 atom stereocenters. The first kappa shape index (κ1) is 16.3. The fraction of sp³-hybridized carbons (Fsp3) is 0.278. The quantitative estimate of drug-likeness (QED) is 0.724. The first-order chi connectivity index (χ1) is 12.7. The van der Waals surface area contributed by atoms with Crippen molar-refractivity contribution in [1.82, 2.24) is 15.1 Å². The van der Waals surface area contributed by atoms with Gasteiger partial charge in [0.25, 0.3) is 5.88 Å². The predicted molar refractivity (Wildman–Crippen MR) is 88.2 cm³/mol. The highest BCUT2D eigenvalue weighted by Crippen LogP contribution is 2.31. The fourth-order valence-corrected chi connectivity index (χ4v) is 2.71. The summed E-state index contributed by atoms with van der Waals surface area (Å²) in [6.45, 7) is 0.574. The van der Waals surface area contributed by atoms with Crippen LogP contribution in [0.5, 0.6) is 17.5 Å². The van der Waals surface area contributed by atoms with Gasteiger partial charge in [0.1, 0.15) is 23.4 Å². The lowest BCUT2D eigenvalue weighted by atomic mass is 9.83. The number of aromatic hydroxyl groups is 1. The summed E-state index contributed by atoms with van der Waals surface area (Å²) in [6.07, 6.45) is 4.81. The van der Waals surface area contributed by atoms with Crippen molar-refractivity contribution in [3.63, 3.8) is 0 Å². The van der Waals surface area contributed by atoms with E-state index < -0.39 is 0 Å². The molecule has 134 valence electrons. The molecule has 0 bridgehead atoms. The van der Waals surface area contributed by atoms with E-state index in [9.17, 15) is 9.50 Å². The number of hydrogen-bond donors (Lipinski definition) is 1. The molecular formula is C18H16FN3O4. The number of nitrogens with zero attached hydrogens (tertiary/aromatic N) is 3. The van der Waals surface area contributed by atoms with Gasteiger partial charge in [-0.1, -0.05) is 0 Å². The molecule has 8 heteroatoms. The molecule has 0 unspecified atom stereocenters. The van der Waals surface area contributed by atoms with E-state index in [-0.39, 0.29) is 17.8 Å². The molecule has 4 rings (SSSR count). The molecular weight excluding hydrogens is 341 g/mol. The van der Waals surface area contributed by atoms with Gasteiger partial charge in [-0.15, -0.1) is 0 Å². The first-order valence-electron chi connectivity index (χ1n) is 8.19. The molecule has 0 aliphatic heterocycles. The van der Waals surface area contributed by atoms with Gasteiger partial charge in [-0.05, 0) is 48.2 Å². The summed E-state index contributed by atoms with van der Waals surface area (Å²) in [7, 11) is 0.